The van der Waals surface area contributed by atoms with Gasteiger partial charge in [-0.25, -0.2) is 9.59 Å². The molecule has 140 valence electrons. The maximum Gasteiger partial charge on any atom is 0.410 e. The van der Waals surface area contributed by atoms with Gasteiger partial charge in [0.1, 0.15) is 6.61 Å². The molecule has 2 aliphatic heterocycles. The molecule has 1 aromatic rings. The highest BCUT2D eigenvalue weighted by Gasteiger charge is 2.44. The fourth-order valence-electron chi connectivity index (χ4n) is 3.24. The van der Waals surface area contributed by atoms with E-state index in [1.165, 1.54) is 4.90 Å². The number of aromatic nitrogens is 1. The van der Waals surface area contributed by atoms with Crippen LogP contribution in [0.25, 0.3) is 0 Å². The number of likely N-dealkylation sites (tertiary alicyclic amines) is 1. The van der Waals surface area contributed by atoms with E-state index in [9.17, 15) is 9.59 Å². The molecule has 0 bridgehead atoms. The number of piperidine rings is 1. The molecule has 8 nitrogen and oxygen atoms in total. The van der Waals surface area contributed by atoms with E-state index in [0.29, 0.717) is 31.0 Å². The van der Waals surface area contributed by atoms with Crippen LogP contribution in [0.15, 0.2) is 24.5 Å². The van der Waals surface area contributed by atoms with Crippen molar-refractivity contribution in [1.82, 2.24) is 14.8 Å². The molecule has 3 heterocycles. The number of hydrogen-bond donors (Lipinski definition) is 1. The van der Waals surface area contributed by atoms with Gasteiger partial charge in [-0.05, 0) is 44.1 Å². The van der Waals surface area contributed by atoms with E-state index in [-0.39, 0.29) is 19.3 Å². The van der Waals surface area contributed by atoms with Crippen LogP contribution >= 0.6 is 12.2 Å². The van der Waals surface area contributed by atoms with Crippen molar-refractivity contribution in [1.29, 1.82) is 0 Å². The molecule has 0 saturated carbocycles. The van der Waals surface area contributed by atoms with E-state index in [1.54, 1.807) is 19.3 Å². The van der Waals surface area contributed by atoms with E-state index in [0.717, 1.165) is 5.69 Å². The van der Waals surface area contributed by atoms with E-state index in [2.05, 4.69) is 15.2 Å². The summed E-state index contributed by atoms with van der Waals surface area (Å²) in [4.78, 5) is 31.8. The topological polar surface area (TPSA) is 84.0 Å². The molecule has 1 aromatic heterocycles. The summed E-state index contributed by atoms with van der Waals surface area (Å²) in [6.45, 7) is 3.46. The lowest BCUT2D eigenvalue weighted by molar-refractivity contribution is -0.148. The molecule has 0 unspecified atom stereocenters. The molecular formula is C17H22N4O4S. The predicted octanol–water partition coefficient (Wildman–Crippen LogP) is 1.63. The number of esters is 1. The molecule has 2 saturated heterocycles. The molecule has 2 aliphatic rings. The minimum atomic E-state index is -0.653. The molecule has 9 heteroatoms. The van der Waals surface area contributed by atoms with Crippen LogP contribution in [-0.4, -0.2) is 70.3 Å². The van der Waals surface area contributed by atoms with Crippen molar-refractivity contribution in [3.05, 3.63) is 24.5 Å². The van der Waals surface area contributed by atoms with Crippen molar-refractivity contribution in [2.45, 2.75) is 31.8 Å². The van der Waals surface area contributed by atoms with Gasteiger partial charge in [0.2, 0.25) is 0 Å². The number of carbonyl (C=O) groups is 2. The van der Waals surface area contributed by atoms with Crippen LogP contribution in [-0.2, 0) is 14.3 Å². The second kappa shape index (κ2) is 8.31. The summed E-state index contributed by atoms with van der Waals surface area (Å²) >= 11 is 5.46. The molecule has 1 amide bonds. The maximum absolute atomic E-state index is 12.1. The summed E-state index contributed by atoms with van der Waals surface area (Å²) in [5.74, 6) is -0.408. The van der Waals surface area contributed by atoms with Gasteiger partial charge in [-0.3, -0.25) is 9.88 Å². The smallest absolute Gasteiger partial charge is 0.410 e. The van der Waals surface area contributed by atoms with Gasteiger partial charge in [-0.15, -0.1) is 0 Å². The van der Waals surface area contributed by atoms with Crippen molar-refractivity contribution < 1.29 is 19.1 Å². The number of nitrogens with zero attached hydrogens (tertiary/aromatic N) is 3. The van der Waals surface area contributed by atoms with Crippen molar-refractivity contribution in [3.8, 4) is 0 Å². The lowest BCUT2D eigenvalue weighted by Gasteiger charge is -2.38. The Kier molecular flexibility index (Phi) is 5.87. The number of nitrogens with one attached hydrogen (secondary N) is 1. The molecule has 0 aromatic carbocycles. The lowest BCUT2D eigenvalue weighted by atomic mass is 10.0. The number of anilines is 1. The quantitative estimate of drug-likeness (QED) is 0.625. The monoisotopic (exact) mass is 378 g/mol. The Morgan fingerprint density at radius 2 is 2.23 bits per heavy atom. The third kappa shape index (κ3) is 4.04. The molecule has 0 aliphatic carbocycles. The average Bonchev–Trinajstić information content (AvgIpc) is 3.04. The largest absolute Gasteiger partial charge is 0.464 e. The van der Waals surface area contributed by atoms with Gasteiger partial charge in [0.05, 0.1) is 18.5 Å². The Bertz CT molecular complexity index is 664. The fraction of sp³-hybridized carbons (Fsp3) is 0.529. The summed E-state index contributed by atoms with van der Waals surface area (Å²) in [5.41, 5.74) is 0.838. The zero-order chi connectivity index (χ0) is 18.5. The summed E-state index contributed by atoms with van der Waals surface area (Å²) < 4.78 is 10.1. The van der Waals surface area contributed by atoms with E-state index >= 15 is 0 Å². The van der Waals surface area contributed by atoms with Crippen molar-refractivity contribution in [2.75, 3.05) is 31.6 Å². The molecule has 1 N–H and O–H groups in total. The number of cyclic esters (lactones) is 1. The van der Waals surface area contributed by atoms with Gasteiger partial charge in [0.25, 0.3) is 0 Å². The Balaban J connectivity index is 1.56. The molecule has 0 spiro atoms. The third-order valence-electron chi connectivity index (χ3n) is 4.53. The van der Waals surface area contributed by atoms with Gasteiger partial charge >= 0.3 is 12.1 Å². The van der Waals surface area contributed by atoms with Crippen LogP contribution in [0, 0.1) is 0 Å². The number of carbonyl (C=O) groups excluding carboxylic acids is 2. The fourth-order valence-corrected chi connectivity index (χ4v) is 3.54. The van der Waals surface area contributed by atoms with Crippen LogP contribution in [0.3, 0.4) is 0 Å². The normalized spacial score (nSPS) is 20.7. The summed E-state index contributed by atoms with van der Waals surface area (Å²) in [7, 11) is 0. The zero-order valence-corrected chi connectivity index (χ0v) is 15.4. The molecule has 3 rings (SSSR count). The molecule has 0 radical (unpaired) electrons. The number of hydrogen-bond acceptors (Lipinski definition) is 6. The van der Waals surface area contributed by atoms with Crippen LogP contribution in [0.4, 0.5) is 10.5 Å². The van der Waals surface area contributed by atoms with E-state index in [1.807, 2.05) is 12.1 Å². The Labute approximate surface area is 157 Å². The van der Waals surface area contributed by atoms with E-state index < -0.39 is 18.1 Å². The van der Waals surface area contributed by atoms with Gasteiger partial charge < -0.3 is 19.7 Å². The lowest BCUT2D eigenvalue weighted by Crippen LogP contribution is -2.52. The van der Waals surface area contributed by atoms with Crippen molar-refractivity contribution in [2.24, 2.45) is 0 Å². The highest BCUT2D eigenvalue weighted by Crippen LogP contribution is 2.25. The molecular weight excluding hydrogens is 356 g/mol. The van der Waals surface area contributed by atoms with E-state index in [4.69, 9.17) is 21.7 Å². The third-order valence-corrected chi connectivity index (χ3v) is 4.89. The summed E-state index contributed by atoms with van der Waals surface area (Å²) in [6.07, 6.45) is 4.38. The van der Waals surface area contributed by atoms with Crippen LogP contribution in [0.5, 0.6) is 0 Å². The van der Waals surface area contributed by atoms with Crippen LogP contribution in [0.2, 0.25) is 0 Å². The number of rotatable bonds is 4. The molecule has 2 fully saturated rings. The first-order chi connectivity index (χ1) is 12.6. The first kappa shape index (κ1) is 18.4. The summed E-state index contributed by atoms with van der Waals surface area (Å²) in [5, 5.41) is 3.79. The summed E-state index contributed by atoms with van der Waals surface area (Å²) in [6, 6.07) is 3.03. The molecule has 1 atom stereocenters. The van der Waals surface area contributed by atoms with Gasteiger partial charge in [-0.2, -0.15) is 0 Å². The van der Waals surface area contributed by atoms with Crippen molar-refractivity contribution in [3.63, 3.8) is 0 Å². The minimum absolute atomic E-state index is 0.0544. The van der Waals surface area contributed by atoms with Crippen LogP contribution in [0.1, 0.15) is 19.8 Å². The zero-order valence-electron chi connectivity index (χ0n) is 14.6. The van der Waals surface area contributed by atoms with Gasteiger partial charge in [0.15, 0.2) is 11.2 Å². The molecule has 26 heavy (non-hydrogen) atoms. The second-order valence-corrected chi connectivity index (χ2v) is 6.53. The Hall–Kier alpha value is -2.42. The van der Waals surface area contributed by atoms with Gasteiger partial charge in [0, 0.05) is 25.3 Å². The number of pyridine rings is 1. The highest BCUT2D eigenvalue weighted by atomic mass is 32.1. The van der Waals surface area contributed by atoms with Crippen molar-refractivity contribution >= 4 is 35.1 Å². The Morgan fingerprint density at radius 1 is 1.46 bits per heavy atom. The standard InChI is InChI=1S/C17H22N4O4S/c1-2-24-15(22)14-11-25-17(23)21(14)13-5-8-20(9-6-13)16(26)19-12-4-3-7-18-10-12/h3-4,7,10,13-14H,2,5-6,8-9,11H2,1H3,(H,19,26)/t14-/m0/s1. The van der Waals surface area contributed by atoms with Gasteiger partial charge in [-0.1, -0.05) is 0 Å². The number of ether oxygens (including phenoxy) is 2. The SMILES string of the molecule is CCOC(=O)[C@@H]1COC(=O)N1C1CCN(C(=S)Nc2cccnc2)CC1. The number of thiocarbonyl (C=S) groups is 1. The highest BCUT2D eigenvalue weighted by molar-refractivity contribution is 7.80. The predicted molar refractivity (Wildman–Crippen MR) is 98.7 cm³/mol. The second-order valence-electron chi connectivity index (χ2n) is 6.14. The minimum Gasteiger partial charge on any atom is -0.464 e. The van der Waals surface area contributed by atoms with Crippen LogP contribution < -0.4 is 5.32 Å². The first-order valence-electron chi connectivity index (χ1n) is 8.67. The average molecular weight is 378 g/mol. The maximum atomic E-state index is 12.1. The first-order valence-corrected chi connectivity index (χ1v) is 9.08. The Morgan fingerprint density at radius 3 is 2.88 bits per heavy atom. The number of amides is 1.